The fourth-order valence-corrected chi connectivity index (χ4v) is 4.61. The monoisotopic (exact) mass is 563 g/mol. The first-order valence-electron chi connectivity index (χ1n) is 13.2. The lowest BCUT2D eigenvalue weighted by Gasteiger charge is -2.31. The molecule has 2 atom stereocenters. The van der Waals surface area contributed by atoms with Crippen molar-refractivity contribution < 1.29 is 33.5 Å². The number of carbonyl (C=O) groups is 2. The molecule has 0 aromatic heterocycles. The SMILES string of the molecule is CCC(c1ccc(N(CC(C)C)CC(C)C)c(NC(=O)Nc2ccc(C)cc2)c1)C(C)C(=O)OOP(=O)(O)O. The van der Waals surface area contributed by atoms with Crippen LogP contribution < -0.4 is 15.5 Å². The van der Waals surface area contributed by atoms with Gasteiger partial charge in [0.1, 0.15) is 0 Å². The smallest absolute Gasteiger partial charge is 0.369 e. The van der Waals surface area contributed by atoms with Crippen LogP contribution in [0.25, 0.3) is 0 Å². The van der Waals surface area contributed by atoms with Crippen molar-refractivity contribution in [3.8, 4) is 0 Å². The van der Waals surface area contributed by atoms with E-state index in [1.54, 1.807) is 6.92 Å². The van der Waals surface area contributed by atoms with Gasteiger partial charge in [0.15, 0.2) is 0 Å². The van der Waals surface area contributed by atoms with Crippen molar-refractivity contribution in [3.63, 3.8) is 0 Å². The van der Waals surface area contributed by atoms with E-state index in [0.29, 0.717) is 29.6 Å². The van der Waals surface area contributed by atoms with E-state index < -0.39 is 25.7 Å². The molecule has 0 aliphatic rings. The average Bonchev–Trinajstić information content (AvgIpc) is 2.83. The fourth-order valence-electron chi connectivity index (χ4n) is 4.44. The maximum Gasteiger partial charge on any atom is 0.505 e. The highest BCUT2D eigenvalue weighted by molar-refractivity contribution is 7.46. The summed E-state index contributed by atoms with van der Waals surface area (Å²) in [5.74, 6) is -1.28. The molecule has 0 aliphatic carbocycles. The third kappa shape index (κ3) is 10.6. The summed E-state index contributed by atoms with van der Waals surface area (Å²) in [6.07, 6.45) is 0.530. The predicted molar refractivity (Wildman–Crippen MR) is 154 cm³/mol. The van der Waals surface area contributed by atoms with Gasteiger partial charge in [0.05, 0.1) is 17.3 Å². The number of benzene rings is 2. The highest BCUT2D eigenvalue weighted by atomic mass is 31.2. The molecular weight excluding hydrogens is 521 g/mol. The highest BCUT2D eigenvalue weighted by Crippen LogP contribution is 2.39. The Morgan fingerprint density at radius 3 is 2.05 bits per heavy atom. The number of hydrogen-bond donors (Lipinski definition) is 4. The lowest BCUT2D eigenvalue weighted by Crippen LogP contribution is -2.32. The third-order valence-corrected chi connectivity index (χ3v) is 6.42. The Hall–Kier alpha value is -2.91. The van der Waals surface area contributed by atoms with Crippen LogP contribution >= 0.6 is 7.82 Å². The summed E-state index contributed by atoms with van der Waals surface area (Å²) in [7, 11) is -4.97. The van der Waals surface area contributed by atoms with E-state index in [-0.39, 0.29) is 5.92 Å². The van der Waals surface area contributed by atoms with Gasteiger partial charge in [0.2, 0.25) is 0 Å². The van der Waals surface area contributed by atoms with Crippen molar-refractivity contribution in [1.29, 1.82) is 0 Å². The van der Waals surface area contributed by atoms with Crippen LogP contribution in [-0.4, -0.2) is 34.9 Å². The number of hydrogen-bond acceptors (Lipinski definition) is 6. The van der Waals surface area contributed by atoms with E-state index in [1.165, 1.54) is 0 Å². The quantitative estimate of drug-likeness (QED) is 0.124. The Morgan fingerprint density at radius 1 is 0.949 bits per heavy atom. The molecule has 0 aliphatic heterocycles. The number of nitrogens with zero attached hydrogens (tertiary/aromatic N) is 1. The van der Waals surface area contributed by atoms with E-state index >= 15 is 0 Å². The minimum atomic E-state index is -4.97. The molecule has 2 unspecified atom stereocenters. The molecule has 2 amide bonds. The summed E-state index contributed by atoms with van der Waals surface area (Å²) < 4.78 is 14.9. The van der Waals surface area contributed by atoms with Gasteiger partial charge in [-0.1, -0.05) is 70.0 Å². The molecule has 10 nitrogen and oxygen atoms in total. The van der Waals surface area contributed by atoms with Gasteiger partial charge in [-0.05, 0) is 60.9 Å². The van der Waals surface area contributed by atoms with Crippen molar-refractivity contribution in [3.05, 3.63) is 53.6 Å². The maximum absolute atomic E-state index is 13.1. The lowest BCUT2D eigenvalue weighted by molar-refractivity contribution is -0.227. The zero-order valence-corrected chi connectivity index (χ0v) is 24.7. The van der Waals surface area contributed by atoms with E-state index in [4.69, 9.17) is 9.79 Å². The summed E-state index contributed by atoms with van der Waals surface area (Å²) in [5.41, 5.74) is 3.95. The zero-order chi connectivity index (χ0) is 29.3. The second-order valence-corrected chi connectivity index (χ2v) is 11.8. The van der Waals surface area contributed by atoms with Gasteiger partial charge >= 0.3 is 19.8 Å². The van der Waals surface area contributed by atoms with Crippen LogP contribution in [0.3, 0.4) is 0 Å². The summed E-state index contributed by atoms with van der Waals surface area (Å²) in [6, 6.07) is 12.8. The molecule has 2 rings (SSSR count). The summed E-state index contributed by atoms with van der Waals surface area (Å²) in [4.78, 5) is 49.9. The third-order valence-electron chi connectivity index (χ3n) is 6.15. The van der Waals surface area contributed by atoms with Crippen LogP contribution in [0.1, 0.15) is 65.0 Å². The van der Waals surface area contributed by atoms with Crippen molar-refractivity contribution in [2.45, 2.75) is 60.8 Å². The molecule has 0 saturated carbocycles. The molecule has 0 fully saturated rings. The van der Waals surface area contributed by atoms with Crippen molar-refractivity contribution in [2.75, 3.05) is 28.6 Å². The van der Waals surface area contributed by atoms with Gasteiger partial charge in [-0.3, -0.25) is 4.89 Å². The molecule has 0 saturated heterocycles. The topological polar surface area (TPSA) is 137 Å². The molecule has 0 bridgehead atoms. The van der Waals surface area contributed by atoms with Gasteiger partial charge < -0.3 is 25.3 Å². The Balaban J connectivity index is 2.44. The standard InChI is InChI=1S/C28H42N3O7P/c1-8-24(21(7)27(32)37-38-39(34,35)36)22-11-14-26(31(16-18(2)3)17-19(4)5)25(15-22)30-28(33)29-23-12-9-20(6)10-13-23/h9-15,18-19,21,24H,8,16-17H2,1-7H3,(H2,29,30,33)(H2,34,35,36). The van der Waals surface area contributed by atoms with Gasteiger partial charge in [-0.15, -0.1) is 0 Å². The highest BCUT2D eigenvalue weighted by Gasteiger charge is 2.30. The van der Waals surface area contributed by atoms with E-state index in [0.717, 1.165) is 29.9 Å². The normalized spacial score (nSPS) is 13.2. The maximum atomic E-state index is 13.1. The molecule has 0 spiro atoms. The number of carbonyl (C=O) groups excluding carboxylic acids is 2. The predicted octanol–water partition coefficient (Wildman–Crippen LogP) is 6.45. The van der Waals surface area contributed by atoms with Crippen molar-refractivity contribution >= 4 is 36.9 Å². The average molecular weight is 564 g/mol. The first kappa shape index (κ1) is 32.3. The van der Waals surface area contributed by atoms with Gasteiger partial charge in [0, 0.05) is 18.8 Å². The molecule has 0 heterocycles. The van der Waals surface area contributed by atoms with Crippen LogP contribution in [0.15, 0.2) is 42.5 Å². The summed E-state index contributed by atoms with van der Waals surface area (Å²) in [6.45, 7) is 15.6. The van der Waals surface area contributed by atoms with Crippen molar-refractivity contribution in [1.82, 2.24) is 0 Å². The minimum absolute atomic E-state index is 0.365. The van der Waals surface area contributed by atoms with Gasteiger partial charge in [0.25, 0.3) is 0 Å². The fraction of sp³-hybridized carbons (Fsp3) is 0.500. The summed E-state index contributed by atoms with van der Waals surface area (Å²) in [5, 5.41) is 5.86. The zero-order valence-electron chi connectivity index (χ0n) is 23.8. The number of phosphoric acid groups is 1. The molecule has 2 aromatic carbocycles. The number of urea groups is 1. The largest absolute Gasteiger partial charge is 0.505 e. The number of anilines is 3. The second-order valence-electron chi connectivity index (χ2n) is 10.7. The Morgan fingerprint density at radius 2 is 1.54 bits per heavy atom. The summed E-state index contributed by atoms with van der Waals surface area (Å²) >= 11 is 0. The Labute approximate surface area is 231 Å². The number of amides is 2. The molecule has 11 heteroatoms. The van der Waals surface area contributed by atoms with E-state index in [1.807, 2.05) is 56.3 Å². The van der Waals surface area contributed by atoms with Crippen LogP contribution in [0.4, 0.5) is 21.9 Å². The molecule has 216 valence electrons. The van der Waals surface area contributed by atoms with Gasteiger partial charge in [-0.2, -0.15) is 0 Å². The van der Waals surface area contributed by atoms with Crippen LogP contribution in [0.5, 0.6) is 0 Å². The second kappa shape index (κ2) is 14.5. The minimum Gasteiger partial charge on any atom is -0.369 e. The molecular formula is C28H42N3O7P. The van der Waals surface area contributed by atoms with Crippen LogP contribution in [-0.2, 0) is 18.9 Å². The molecule has 4 N–H and O–H groups in total. The molecule has 0 radical (unpaired) electrons. The number of rotatable bonds is 13. The lowest BCUT2D eigenvalue weighted by atomic mass is 9.84. The Bertz CT molecular complexity index is 1140. The number of nitrogens with one attached hydrogen (secondary N) is 2. The molecule has 39 heavy (non-hydrogen) atoms. The van der Waals surface area contributed by atoms with E-state index in [2.05, 4.69) is 52.8 Å². The first-order valence-corrected chi connectivity index (χ1v) is 14.7. The van der Waals surface area contributed by atoms with Crippen LogP contribution in [0.2, 0.25) is 0 Å². The van der Waals surface area contributed by atoms with Gasteiger partial charge in [-0.25, -0.2) is 14.2 Å². The van der Waals surface area contributed by atoms with E-state index in [9.17, 15) is 14.2 Å². The van der Waals surface area contributed by atoms with Crippen molar-refractivity contribution in [2.24, 2.45) is 17.8 Å². The molecule has 2 aromatic rings. The van der Waals surface area contributed by atoms with Crippen LogP contribution in [0, 0.1) is 24.7 Å². The first-order chi connectivity index (χ1) is 18.2. The Kier molecular flexibility index (Phi) is 12.0. The number of aryl methyl sites for hydroxylation is 1.